The molecule has 0 unspecified atom stereocenters. The van der Waals surface area contributed by atoms with Crippen molar-refractivity contribution in [2.24, 2.45) is 4.99 Å². The van der Waals surface area contributed by atoms with Crippen LogP contribution in [0.3, 0.4) is 0 Å². The fourth-order valence-corrected chi connectivity index (χ4v) is 3.35. The molecule has 2 rings (SSSR count). The highest BCUT2D eigenvalue weighted by Crippen LogP contribution is 2.15. The van der Waals surface area contributed by atoms with Crippen LogP contribution >= 0.6 is 35.7 Å². The first-order valence-corrected chi connectivity index (χ1v) is 11.0. The van der Waals surface area contributed by atoms with E-state index in [4.69, 9.17) is 4.74 Å². The zero-order valence-electron chi connectivity index (χ0n) is 17.3. The van der Waals surface area contributed by atoms with Gasteiger partial charge >= 0.3 is 0 Å². The molecule has 0 bridgehead atoms. The van der Waals surface area contributed by atoms with E-state index in [9.17, 15) is 0 Å². The molecule has 0 aliphatic heterocycles. The number of halogens is 1. The maximum atomic E-state index is 5.39. The molecule has 0 aliphatic rings. The van der Waals surface area contributed by atoms with E-state index in [2.05, 4.69) is 61.6 Å². The number of nitrogens with one attached hydrogen (secondary N) is 2. The minimum atomic E-state index is 0. The fraction of sp³-hybridized carbons (Fsp3) is 0.550. The lowest BCUT2D eigenvalue weighted by Crippen LogP contribution is -2.40. The Hall–Kier alpha value is -1.33. The van der Waals surface area contributed by atoms with Gasteiger partial charge in [0.05, 0.1) is 0 Å². The Labute approximate surface area is 195 Å². The predicted octanol–water partition coefficient (Wildman–Crippen LogP) is 3.21. The van der Waals surface area contributed by atoms with E-state index in [-0.39, 0.29) is 24.0 Å². The summed E-state index contributed by atoms with van der Waals surface area (Å²) in [5.41, 5.74) is 0. The standard InChI is InChI=1S/C20H32N6OS.HI/c1-3-19-25-24-17-26(19)14-12-22-20(21-11-8-15-27-4-2)23-13-16-28-18-9-6-5-7-10-18;/h5-7,9-10,17H,3-4,8,11-16H2,1-2H3,(H2,21,22,23);1H. The second-order valence-electron chi connectivity index (χ2n) is 6.09. The minimum Gasteiger partial charge on any atom is -0.382 e. The molecule has 0 radical (unpaired) electrons. The number of thioether (sulfide) groups is 1. The molecule has 0 atom stereocenters. The first kappa shape index (κ1) is 25.7. The number of ether oxygens (including phenoxy) is 1. The molecule has 2 aromatic rings. The van der Waals surface area contributed by atoms with E-state index in [1.165, 1.54) is 4.90 Å². The summed E-state index contributed by atoms with van der Waals surface area (Å²) in [6.07, 6.45) is 3.58. The highest BCUT2D eigenvalue weighted by molar-refractivity contribution is 14.0. The highest BCUT2D eigenvalue weighted by atomic mass is 127. The predicted molar refractivity (Wildman–Crippen MR) is 131 cm³/mol. The molecule has 0 aliphatic carbocycles. The van der Waals surface area contributed by atoms with Crippen molar-refractivity contribution in [1.82, 2.24) is 25.4 Å². The number of aryl methyl sites for hydroxylation is 1. The van der Waals surface area contributed by atoms with Crippen molar-refractivity contribution in [3.63, 3.8) is 0 Å². The maximum Gasteiger partial charge on any atom is 0.191 e. The van der Waals surface area contributed by atoms with E-state index < -0.39 is 0 Å². The van der Waals surface area contributed by atoms with E-state index in [1.807, 2.05) is 24.8 Å². The average molecular weight is 532 g/mol. The summed E-state index contributed by atoms with van der Waals surface area (Å²) < 4.78 is 7.46. The van der Waals surface area contributed by atoms with Gasteiger partial charge in [0.15, 0.2) is 5.96 Å². The summed E-state index contributed by atoms with van der Waals surface area (Å²) in [6.45, 7) is 8.78. The average Bonchev–Trinajstić information content (AvgIpc) is 3.18. The van der Waals surface area contributed by atoms with E-state index >= 15 is 0 Å². The van der Waals surface area contributed by atoms with Crippen LogP contribution < -0.4 is 10.6 Å². The first-order chi connectivity index (χ1) is 13.8. The van der Waals surface area contributed by atoms with Gasteiger partial charge in [0, 0.05) is 56.5 Å². The number of guanidine groups is 1. The van der Waals surface area contributed by atoms with Crippen molar-refractivity contribution in [2.45, 2.75) is 38.1 Å². The zero-order valence-corrected chi connectivity index (χ0v) is 20.5. The quantitative estimate of drug-likeness (QED) is 0.136. The number of benzene rings is 1. The van der Waals surface area contributed by atoms with Crippen molar-refractivity contribution in [1.29, 1.82) is 0 Å². The minimum absolute atomic E-state index is 0. The number of hydrogen-bond donors (Lipinski definition) is 2. The van der Waals surface area contributed by atoms with Crippen LogP contribution in [0, 0.1) is 0 Å². The highest BCUT2D eigenvalue weighted by Gasteiger charge is 2.03. The molecule has 29 heavy (non-hydrogen) atoms. The lowest BCUT2D eigenvalue weighted by Gasteiger charge is -2.13. The van der Waals surface area contributed by atoms with Gasteiger partial charge in [-0.1, -0.05) is 25.1 Å². The van der Waals surface area contributed by atoms with Crippen LogP contribution in [0.15, 0.2) is 46.5 Å². The Bertz CT molecular complexity index is 683. The summed E-state index contributed by atoms with van der Waals surface area (Å²) in [5.74, 6) is 2.83. The molecule has 0 amide bonds. The molecule has 7 nitrogen and oxygen atoms in total. The Balaban J connectivity index is 0.00000420. The summed E-state index contributed by atoms with van der Waals surface area (Å²) in [7, 11) is 0. The SMILES string of the molecule is CCOCCCN=C(NCCSc1ccccc1)NCCn1cnnc1CC.I. The van der Waals surface area contributed by atoms with Crippen LogP contribution in [-0.4, -0.2) is 59.3 Å². The van der Waals surface area contributed by atoms with Crippen molar-refractivity contribution < 1.29 is 4.74 Å². The van der Waals surface area contributed by atoms with E-state index in [0.717, 1.165) is 69.8 Å². The first-order valence-electron chi connectivity index (χ1n) is 9.98. The molecular weight excluding hydrogens is 499 g/mol. The number of hydrogen-bond acceptors (Lipinski definition) is 5. The molecule has 0 fully saturated rings. The van der Waals surface area contributed by atoms with Gasteiger partial charge in [-0.05, 0) is 25.5 Å². The van der Waals surface area contributed by atoms with Crippen LogP contribution in [0.4, 0.5) is 0 Å². The van der Waals surface area contributed by atoms with Crippen molar-refractivity contribution in [2.75, 3.05) is 38.6 Å². The Kier molecular flexibility index (Phi) is 14.6. The van der Waals surface area contributed by atoms with Crippen molar-refractivity contribution in [3.05, 3.63) is 42.5 Å². The van der Waals surface area contributed by atoms with Crippen molar-refractivity contribution in [3.8, 4) is 0 Å². The lowest BCUT2D eigenvalue weighted by molar-refractivity contribution is 0.146. The fourth-order valence-electron chi connectivity index (χ4n) is 2.57. The van der Waals surface area contributed by atoms with E-state index in [1.54, 1.807) is 6.33 Å². The monoisotopic (exact) mass is 532 g/mol. The van der Waals surface area contributed by atoms with Gasteiger partial charge in [-0.25, -0.2) is 0 Å². The molecule has 1 aromatic heterocycles. The summed E-state index contributed by atoms with van der Waals surface area (Å²) >= 11 is 1.84. The number of rotatable bonds is 13. The lowest BCUT2D eigenvalue weighted by atomic mass is 10.4. The topological polar surface area (TPSA) is 76.4 Å². The van der Waals surface area contributed by atoms with E-state index in [0.29, 0.717) is 0 Å². The summed E-state index contributed by atoms with van der Waals surface area (Å²) in [6, 6.07) is 10.4. The molecule has 1 aromatic carbocycles. The van der Waals surface area contributed by atoms with Crippen LogP contribution in [0.2, 0.25) is 0 Å². The van der Waals surface area contributed by atoms with Gasteiger partial charge in [0.25, 0.3) is 0 Å². The van der Waals surface area contributed by atoms with Gasteiger partial charge in [0.1, 0.15) is 12.2 Å². The van der Waals surface area contributed by atoms with Crippen LogP contribution in [0.25, 0.3) is 0 Å². The van der Waals surface area contributed by atoms with Gasteiger partial charge in [0.2, 0.25) is 0 Å². The smallest absolute Gasteiger partial charge is 0.191 e. The third-order valence-corrected chi connectivity index (χ3v) is 5.00. The molecule has 0 spiro atoms. The second kappa shape index (κ2) is 16.5. The van der Waals surface area contributed by atoms with Gasteiger partial charge in [-0.2, -0.15) is 0 Å². The maximum absolute atomic E-state index is 5.39. The Morgan fingerprint density at radius 2 is 1.97 bits per heavy atom. The van der Waals surface area contributed by atoms with Gasteiger partial charge in [-0.15, -0.1) is 45.9 Å². The number of aromatic nitrogens is 3. The molecule has 9 heteroatoms. The number of nitrogens with zero attached hydrogens (tertiary/aromatic N) is 4. The summed E-state index contributed by atoms with van der Waals surface area (Å²) in [5, 5.41) is 14.9. The number of aliphatic imine (C=N–C) groups is 1. The normalized spacial score (nSPS) is 11.2. The second-order valence-corrected chi connectivity index (χ2v) is 7.26. The largest absolute Gasteiger partial charge is 0.382 e. The third-order valence-electron chi connectivity index (χ3n) is 3.98. The van der Waals surface area contributed by atoms with Gasteiger partial charge in [-0.3, -0.25) is 4.99 Å². The third kappa shape index (κ3) is 10.9. The van der Waals surface area contributed by atoms with Crippen molar-refractivity contribution >= 4 is 41.7 Å². The van der Waals surface area contributed by atoms with Crippen LogP contribution in [0.1, 0.15) is 26.1 Å². The van der Waals surface area contributed by atoms with Gasteiger partial charge < -0.3 is 19.9 Å². The Morgan fingerprint density at radius 1 is 1.17 bits per heavy atom. The summed E-state index contributed by atoms with van der Waals surface area (Å²) in [4.78, 5) is 5.95. The van der Waals surface area contributed by atoms with Crippen LogP contribution in [0.5, 0.6) is 0 Å². The molecule has 0 saturated heterocycles. The molecular formula is C20H33IN6OS. The molecule has 0 saturated carbocycles. The molecule has 162 valence electrons. The zero-order chi connectivity index (χ0) is 19.9. The molecule has 2 N–H and O–H groups in total. The van der Waals surface area contributed by atoms with Crippen LogP contribution in [-0.2, 0) is 17.7 Å². The molecule has 1 heterocycles. The Morgan fingerprint density at radius 3 is 2.72 bits per heavy atom.